The Morgan fingerprint density at radius 3 is 2.68 bits per heavy atom. The maximum atomic E-state index is 12.9. The van der Waals surface area contributed by atoms with Crippen molar-refractivity contribution in [2.24, 2.45) is 5.92 Å². The molecule has 2 saturated heterocycles. The molecule has 3 heteroatoms. The second-order valence-corrected chi connectivity index (χ2v) is 6.85. The summed E-state index contributed by atoms with van der Waals surface area (Å²) in [6, 6.07) is 11.2. The number of aromatic nitrogens is 1. The first kappa shape index (κ1) is 13.9. The number of hydrogen-bond donors (Lipinski definition) is 0. The zero-order chi connectivity index (χ0) is 15.1. The van der Waals surface area contributed by atoms with E-state index in [2.05, 4.69) is 16.9 Å². The second kappa shape index (κ2) is 5.47. The number of para-hydroxylation sites is 1. The summed E-state index contributed by atoms with van der Waals surface area (Å²) in [5.41, 5.74) is 1.74. The van der Waals surface area contributed by atoms with Gasteiger partial charge < -0.3 is 4.90 Å². The van der Waals surface area contributed by atoms with Gasteiger partial charge in [0.15, 0.2) is 5.78 Å². The number of fused-ring (bicyclic) bond motifs is 3. The van der Waals surface area contributed by atoms with Crippen LogP contribution in [0.1, 0.15) is 42.5 Å². The van der Waals surface area contributed by atoms with Gasteiger partial charge in [-0.25, -0.2) is 0 Å². The minimum atomic E-state index is 0.175. The number of pyridine rings is 1. The van der Waals surface area contributed by atoms with Gasteiger partial charge in [-0.3, -0.25) is 9.78 Å². The smallest absolute Gasteiger partial charge is 0.167 e. The Kier molecular flexibility index (Phi) is 3.45. The van der Waals surface area contributed by atoms with Crippen LogP contribution in [0.25, 0.3) is 10.9 Å². The van der Waals surface area contributed by atoms with E-state index in [0.29, 0.717) is 17.9 Å². The highest BCUT2D eigenvalue weighted by atomic mass is 16.1. The number of piperidine rings is 2. The fourth-order valence-corrected chi connectivity index (χ4v) is 4.27. The van der Waals surface area contributed by atoms with Crippen LogP contribution in [0, 0.1) is 5.92 Å². The van der Waals surface area contributed by atoms with E-state index >= 15 is 0 Å². The van der Waals surface area contributed by atoms with Crippen molar-refractivity contribution < 1.29 is 4.79 Å². The van der Waals surface area contributed by atoms with Gasteiger partial charge in [-0.05, 0) is 44.9 Å². The molecule has 2 atom stereocenters. The summed E-state index contributed by atoms with van der Waals surface area (Å²) in [5.74, 6) is 0.470. The summed E-state index contributed by atoms with van der Waals surface area (Å²) in [4.78, 5) is 19.9. The largest absolute Gasteiger partial charge is 0.300 e. The number of ketones is 1. The average Bonchev–Trinajstić information content (AvgIpc) is 2.53. The van der Waals surface area contributed by atoms with Gasteiger partial charge in [0.25, 0.3) is 0 Å². The molecule has 2 aliphatic rings. The highest BCUT2D eigenvalue weighted by Crippen LogP contribution is 2.37. The van der Waals surface area contributed by atoms with Crippen LogP contribution in [0.5, 0.6) is 0 Å². The fraction of sp³-hybridized carbons (Fsp3) is 0.474. The van der Waals surface area contributed by atoms with E-state index in [9.17, 15) is 4.79 Å². The number of carbonyl (C=O) groups is 1. The van der Waals surface area contributed by atoms with Crippen LogP contribution in [-0.4, -0.2) is 34.8 Å². The van der Waals surface area contributed by atoms with Crippen molar-refractivity contribution in [3.63, 3.8) is 0 Å². The Labute approximate surface area is 131 Å². The van der Waals surface area contributed by atoms with Gasteiger partial charge in [0, 0.05) is 35.1 Å². The summed E-state index contributed by atoms with van der Waals surface area (Å²) in [6.45, 7) is 0. The molecule has 4 rings (SSSR count). The lowest BCUT2D eigenvalue weighted by Crippen LogP contribution is -2.51. The molecule has 2 aliphatic heterocycles. The topological polar surface area (TPSA) is 33.2 Å². The van der Waals surface area contributed by atoms with Crippen LogP contribution < -0.4 is 0 Å². The van der Waals surface area contributed by atoms with Crippen molar-refractivity contribution in [2.75, 3.05) is 7.05 Å². The van der Waals surface area contributed by atoms with Crippen LogP contribution >= 0.6 is 0 Å². The second-order valence-electron chi connectivity index (χ2n) is 6.85. The summed E-state index contributed by atoms with van der Waals surface area (Å²) < 4.78 is 0. The molecule has 114 valence electrons. The lowest BCUT2D eigenvalue weighted by Gasteiger charge is -2.46. The van der Waals surface area contributed by atoms with Crippen molar-refractivity contribution in [1.82, 2.24) is 9.88 Å². The molecular weight excluding hydrogens is 272 g/mol. The average molecular weight is 294 g/mol. The summed E-state index contributed by atoms with van der Waals surface area (Å²) in [7, 11) is 2.23. The van der Waals surface area contributed by atoms with Gasteiger partial charge in [-0.2, -0.15) is 0 Å². The molecule has 2 unspecified atom stereocenters. The number of Topliss-reactive ketones (excluding diaryl/α,β-unsaturated/α-hetero) is 1. The van der Waals surface area contributed by atoms with Crippen molar-refractivity contribution >= 4 is 16.7 Å². The predicted molar refractivity (Wildman–Crippen MR) is 88.0 cm³/mol. The van der Waals surface area contributed by atoms with Crippen molar-refractivity contribution in [2.45, 2.75) is 44.2 Å². The highest BCUT2D eigenvalue weighted by Gasteiger charge is 2.38. The molecule has 1 aromatic heterocycles. The highest BCUT2D eigenvalue weighted by molar-refractivity contribution is 6.00. The summed E-state index contributed by atoms with van der Waals surface area (Å²) in [6.07, 6.45) is 7.59. The first-order valence-electron chi connectivity index (χ1n) is 8.33. The maximum absolute atomic E-state index is 12.9. The first-order chi connectivity index (χ1) is 10.7. The SMILES string of the molecule is CN1C2CCCC1CC(C(=O)c1cnc3ccccc3c1)C2. The standard InChI is InChI=1S/C19H22N2O/c1-21-16-6-4-7-17(21)11-14(10-16)19(22)15-9-13-5-2-3-8-18(13)20-12-15/h2-3,5,8-9,12,14,16-17H,4,6-7,10-11H2,1H3. The lowest BCUT2D eigenvalue weighted by molar-refractivity contribution is 0.0338. The number of hydrogen-bond acceptors (Lipinski definition) is 3. The maximum Gasteiger partial charge on any atom is 0.167 e. The quantitative estimate of drug-likeness (QED) is 0.792. The van der Waals surface area contributed by atoms with Crippen molar-refractivity contribution in [3.8, 4) is 0 Å². The molecule has 2 bridgehead atoms. The summed E-state index contributed by atoms with van der Waals surface area (Å²) >= 11 is 0. The monoisotopic (exact) mass is 294 g/mol. The zero-order valence-electron chi connectivity index (χ0n) is 13.0. The van der Waals surface area contributed by atoms with E-state index in [4.69, 9.17) is 0 Å². The predicted octanol–water partition coefficient (Wildman–Crippen LogP) is 3.68. The molecule has 3 heterocycles. The Bertz CT molecular complexity index is 697. The van der Waals surface area contributed by atoms with E-state index in [-0.39, 0.29) is 5.92 Å². The third-order valence-electron chi connectivity index (χ3n) is 5.59. The minimum Gasteiger partial charge on any atom is -0.300 e. The molecular formula is C19H22N2O. The molecule has 0 aliphatic carbocycles. The molecule has 0 saturated carbocycles. The van der Waals surface area contributed by atoms with Gasteiger partial charge in [-0.1, -0.05) is 24.6 Å². The van der Waals surface area contributed by atoms with E-state index < -0.39 is 0 Å². The zero-order valence-corrected chi connectivity index (χ0v) is 13.0. The molecule has 0 spiro atoms. The van der Waals surface area contributed by atoms with Crippen molar-refractivity contribution in [1.29, 1.82) is 0 Å². The number of rotatable bonds is 2. The minimum absolute atomic E-state index is 0.175. The normalized spacial score (nSPS) is 28.7. The van der Waals surface area contributed by atoms with Crippen LogP contribution in [0.15, 0.2) is 36.5 Å². The Morgan fingerprint density at radius 1 is 1.18 bits per heavy atom. The molecule has 3 nitrogen and oxygen atoms in total. The molecule has 22 heavy (non-hydrogen) atoms. The Balaban J connectivity index is 1.60. The molecule has 0 N–H and O–H groups in total. The van der Waals surface area contributed by atoms with Crippen molar-refractivity contribution in [3.05, 3.63) is 42.1 Å². The Hall–Kier alpha value is -1.74. The van der Waals surface area contributed by atoms with Gasteiger partial charge in [-0.15, -0.1) is 0 Å². The van der Waals surface area contributed by atoms with Gasteiger partial charge in [0.1, 0.15) is 0 Å². The third kappa shape index (κ3) is 2.34. The van der Waals surface area contributed by atoms with E-state index in [1.807, 2.05) is 30.3 Å². The van der Waals surface area contributed by atoms with Gasteiger partial charge in [0.05, 0.1) is 5.52 Å². The van der Waals surface area contributed by atoms with Crippen LogP contribution in [0.3, 0.4) is 0 Å². The molecule has 1 aromatic carbocycles. The molecule has 0 amide bonds. The first-order valence-corrected chi connectivity index (χ1v) is 8.33. The fourth-order valence-electron chi connectivity index (χ4n) is 4.27. The van der Waals surface area contributed by atoms with Gasteiger partial charge >= 0.3 is 0 Å². The lowest BCUT2D eigenvalue weighted by atomic mass is 9.76. The van der Waals surface area contributed by atoms with E-state index in [0.717, 1.165) is 29.3 Å². The van der Waals surface area contributed by atoms with Gasteiger partial charge in [0.2, 0.25) is 0 Å². The van der Waals surface area contributed by atoms with Crippen LogP contribution in [0.2, 0.25) is 0 Å². The van der Waals surface area contributed by atoms with E-state index in [1.165, 1.54) is 19.3 Å². The Morgan fingerprint density at radius 2 is 1.91 bits per heavy atom. The number of nitrogens with zero attached hydrogens (tertiary/aromatic N) is 2. The van der Waals surface area contributed by atoms with Crippen LogP contribution in [-0.2, 0) is 0 Å². The molecule has 2 fully saturated rings. The van der Waals surface area contributed by atoms with E-state index in [1.54, 1.807) is 6.20 Å². The molecule has 0 radical (unpaired) electrons. The number of carbonyl (C=O) groups excluding carboxylic acids is 1. The summed E-state index contributed by atoms with van der Waals surface area (Å²) in [5, 5.41) is 1.06. The third-order valence-corrected chi connectivity index (χ3v) is 5.59. The molecule has 2 aromatic rings. The number of benzene rings is 1. The van der Waals surface area contributed by atoms with Crippen LogP contribution in [0.4, 0.5) is 0 Å².